The van der Waals surface area contributed by atoms with E-state index in [0.29, 0.717) is 27.8 Å². The molecule has 4 rings (SSSR count). The number of thiocarbonyl (C=S) groups is 1. The molecule has 0 saturated heterocycles. The first-order valence-electron chi connectivity index (χ1n) is 11.3. The Kier molecular flexibility index (Phi) is 7.15. The quantitative estimate of drug-likeness (QED) is 0.381. The van der Waals surface area contributed by atoms with Crippen molar-refractivity contribution in [1.29, 1.82) is 0 Å². The minimum atomic E-state index is -0.208. The van der Waals surface area contributed by atoms with Crippen LogP contribution in [0.25, 0.3) is 17.0 Å². The molecule has 1 atom stereocenters. The zero-order valence-electron chi connectivity index (χ0n) is 19.4. The Bertz CT molecular complexity index is 1150. The predicted octanol–water partition coefficient (Wildman–Crippen LogP) is 6.66. The minimum absolute atomic E-state index is 0.208. The molecule has 1 aromatic heterocycles. The summed E-state index contributed by atoms with van der Waals surface area (Å²) >= 11 is 11.9. The fourth-order valence-corrected chi connectivity index (χ4v) is 4.43. The number of rotatable bonds is 7. The Balaban J connectivity index is 1.76. The van der Waals surface area contributed by atoms with E-state index in [0.717, 1.165) is 41.8 Å². The number of allylic oxidation sites excluding steroid dienone is 1. The van der Waals surface area contributed by atoms with Crippen LogP contribution < -0.4 is 5.32 Å². The molecule has 1 N–H and O–H groups in total. The van der Waals surface area contributed by atoms with Gasteiger partial charge in [-0.15, -0.1) is 0 Å². The standard InChI is InChI=1S/C26H29ClN4OS/c1-5-18-6-8-20(9-7-18)24-29-25(32-30-24)22-17(4)31(15-14-16(2)3)26(33)28-23(22)19-10-12-21(27)13-11-19/h6-13,16,23H,5,14-15H2,1-4H3,(H,28,33). The van der Waals surface area contributed by atoms with Crippen LogP contribution in [0.15, 0.2) is 58.8 Å². The normalized spacial score (nSPS) is 16.5. The Hall–Kier alpha value is -2.70. The second-order valence-corrected chi connectivity index (χ2v) is 9.56. The highest BCUT2D eigenvalue weighted by Gasteiger charge is 2.34. The number of halogens is 1. The first kappa shape index (κ1) is 23.5. The SMILES string of the molecule is CCc1ccc(-c2noc(C3=C(C)N(CCC(C)C)C(=S)NC3c3ccc(Cl)cc3)n2)cc1. The maximum absolute atomic E-state index is 6.14. The number of hydrogen-bond acceptors (Lipinski definition) is 4. The highest BCUT2D eigenvalue weighted by molar-refractivity contribution is 7.80. The van der Waals surface area contributed by atoms with E-state index in [1.165, 1.54) is 5.56 Å². The second-order valence-electron chi connectivity index (χ2n) is 8.74. The highest BCUT2D eigenvalue weighted by Crippen LogP contribution is 2.38. The zero-order chi connectivity index (χ0) is 23.5. The van der Waals surface area contributed by atoms with Gasteiger partial charge in [0.1, 0.15) is 0 Å². The number of aryl methyl sites for hydroxylation is 1. The van der Waals surface area contributed by atoms with Gasteiger partial charge in [0.05, 0.1) is 11.6 Å². The van der Waals surface area contributed by atoms with E-state index in [-0.39, 0.29) is 6.04 Å². The molecule has 0 saturated carbocycles. The van der Waals surface area contributed by atoms with Gasteiger partial charge in [-0.25, -0.2) is 0 Å². The first-order chi connectivity index (χ1) is 15.9. The van der Waals surface area contributed by atoms with E-state index in [1.54, 1.807) is 0 Å². The van der Waals surface area contributed by atoms with Crippen LogP contribution in [0.3, 0.4) is 0 Å². The third-order valence-corrected chi connectivity index (χ3v) is 6.60. The molecule has 33 heavy (non-hydrogen) atoms. The van der Waals surface area contributed by atoms with Gasteiger partial charge in [0, 0.05) is 22.8 Å². The van der Waals surface area contributed by atoms with Crippen LogP contribution in [0, 0.1) is 5.92 Å². The summed E-state index contributed by atoms with van der Waals surface area (Å²) in [6, 6.07) is 15.8. The summed E-state index contributed by atoms with van der Waals surface area (Å²) < 4.78 is 5.82. The van der Waals surface area contributed by atoms with Gasteiger partial charge < -0.3 is 14.7 Å². The lowest BCUT2D eigenvalue weighted by Gasteiger charge is -2.37. The molecule has 1 aliphatic rings. The predicted molar refractivity (Wildman–Crippen MR) is 138 cm³/mol. The molecule has 2 aromatic carbocycles. The zero-order valence-corrected chi connectivity index (χ0v) is 21.0. The summed E-state index contributed by atoms with van der Waals surface area (Å²) in [7, 11) is 0. The van der Waals surface area contributed by atoms with Gasteiger partial charge >= 0.3 is 0 Å². The molecule has 0 aliphatic carbocycles. The Morgan fingerprint density at radius 2 is 1.82 bits per heavy atom. The van der Waals surface area contributed by atoms with Gasteiger partial charge in [0.15, 0.2) is 5.11 Å². The van der Waals surface area contributed by atoms with E-state index in [9.17, 15) is 0 Å². The van der Waals surface area contributed by atoms with Gasteiger partial charge in [-0.2, -0.15) is 4.98 Å². The number of nitrogens with zero attached hydrogens (tertiary/aromatic N) is 3. The monoisotopic (exact) mass is 480 g/mol. The number of hydrogen-bond donors (Lipinski definition) is 1. The number of aromatic nitrogens is 2. The molecule has 2 heterocycles. The van der Waals surface area contributed by atoms with Crippen molar-refractivity contribution in [3.05, 3.63) is 76.3 Å². The van der Waals surface area contributed by atoms with Crippen molar-refractivity contribution in [2.24, 2.45) is 5.92 Å². The third kappa shape index (κ3) is 5.12. The van der Waals surface area contributed by atoms with Gasteiger partial charge in [-0.3, -0.25) is 0 Å². The molecule has 5 nitrogen and oxygen atoms in total. The van der Waals surface area contributed by atoms with Crippen LogP contribution in [0.5, 0.6) is 0 Å². The van der Waals surface area contributed by atoms with Crippen molar-refractivity contribution >= 4 is 34.5 Å². The van der Waals surface area contributed by atoms with Crippen molar-refractivity contribution in [2.75, 3.05) is 6.54 Å². The van der Waals surface area contributed by atoms with Crippen LogP contribution in [0.2, 0.25) is 5.02 Å². The molecule has 1 aliphatic heterocycles. The average molecular weight is 481 g/mol. The highest BCUT2D eigenvalue weighted by atomic mass is 35.5. The number of nitrogens with one attached hydrogen (secondary N) is 1. The molecule has 0 bridgehead atoms. The van der Waals surface area contributed by atoms with Crippen LogP contribution in [0.4, 0.5) is 0 Å². The lowest BCUT2D eigenvalue weighted by Crippen LogP contribution is -2.46. The molecule has 172 valence electrons. The lowest BCUT2D eigenvalue weighted by molar-refractivity contribution is 0.390. The molecule has 3 aromatic rings. The Morgan fingerprint density at radius 1 is 1.12 bits per heavy atom. The van der Waals surface area contributed by atoms with E-state index in [2.05, 4.69) is 55.2 Å². The van der Waals surface area contributed by atoms with Crippen LogP contribution >= 0.6 is 23.8 Å². The molecule has 7 heteroatoms. The molecular weight excluding hydrogens is 452 g/mol. The molecule has 0 spiro atoms. The van der Waals surface area contributed by atoms with Crippen molar-refractivity contribution in [3.63, 3.8) is 0 Å². The minimum Gasteiger partial charge on any atom is -0.351 e. The summed E-state index contributed by atoms with van der Waals surface area (Å²) in [6.45, 7) is 9.46. The Morgan fingerprint density at radius 3 is 2.45 bits per heavy atom. The van der Waals surface area contributed by atoms with E-state index in [1.807, 2.05) is 36.4 Å². The summed E-state index contributed by atoms with van der Waals surface area (Å²) in [6.07, 6.45) is 2.02. The van der Waals surface area contributed by atoms with Crippen molar-refractivity contribution < 1.29 is 4.52 Å². The maximum atomic E-state index is 6.14. The Labute approximate surface area is 205 Å². The number of benzene rings is 2. The summed E-state index contributed by atoms with van der Waals surface area (Å²) in [5.74, 6) is 1.63. The fourth-order valence-electron chi connectivity index (χ4n) is 3.96. The lowest BCUT2D eigenvalue weighted by atomic mass is 9.94. The van der Waals surface area contributed by atoms with E-state index < -0.39 is 0 Å². The molecule has 0 amide bonds. The largest absolute Gasteiger partial charge is 0.351 e. The van der Waals surface area contributed by atoms with E-state index >= 15 is 0 Å². The smallest absolute Gasteiger partial charge is 0.258 e. The van der Waals surface area contributed by atoms with Gasteiger partial charge in [0.25, 0.3) is 5.89 Å². The maximum Gasteiger partial charge on any atom is 0.258 e. The topological polar surface area (TPSA) is 54.2 Å². The van der Waals surface area contributed by atoms with Crippen molar-refractivity contribution in [2.45, 2.75) is 46.6 Å². The molecule has 1 unspecified atom stereocenters. The van der Waals surface area contributed by atoms with Gasteiger partial charge in [0.2, 0.25) is 5.82 Å². The fraction of sp³-hybridized carbons (Fsp3) is 0.346. The van der Waals surface area contributed by atoms with Gasteiger partial charge in [-0.05, 0) is 61.2 Å². The summed E-state index contributed by atoms with van der Waals surface area (Å²) in [5, 5.41) is 9.18. The third-order valence-electron chi connectivity index (χ3n) is 6.01. The van der Waals surface area contributed by atoms with Crippen molar-refractivity contribution in [3.8, 4) is 11.4 Å². The van der Waals surface area contributed by atoms with Crippen LogP contribution in [0.1, 0.15) is 57.2 Å². The van der Waals surface area contributed by atoms with Crippen LogP contribution in [-0.2, 0) is 6.42 Å². The summed E-state index contributed by atoms with van der Waals surface area (Å²) in [4.78, 5) is 6.92. The van der Waals surface area contributed by atoms with E-state index in [4.69, 9.17) is 33.3 Å². The van der Waals surface area contributed by atoms with Gasteiger partial charge in [-0.1, -0.05) is 73.9 Å². The molecule has 0 radical (unpaired) electrons. The average Bonchev–Trinajstić information content (AvgIpc) is 3.28. The summed E-state index contributed by atoms with van der Waals surface area (Å²) in [5.41, 5.74) is 5.19. The van der Waals surface area contributed by atoms with Crippen LogP contribution in [-0.4, -0.2) is 26.7 Å². The molecular formula is C26H29ClN4OS. The first-order valence-corrected chi connectivity index (χ1v) is 12.1. The van der Waals surface area contributed by atoms with Crippen molar-refractivity contribution in [1.82, 2.24) is 20.4 Å². The molecule has 0 fully saturated rings. The second kappa shape index (κ2) is 10.1.